The van der Waals surface area contributed by atoms with Gasteiger partial charge in [0.15, 0.2) is 0 Å². The average Bonchev–Trinajstić information content (AvgIpc) is 2.46. The van der Waals surface area contributed by atoms with Gasteiger partial charge in [-0.1, -0.05) is 18.2 Å². The fourth-order valence-electron chi connectivity index (χ4n) is 1.77. The van der Waals surface area contributed by atoms with Gasteiger partial charge in [0.2, 0.25) is 0 Å². The lowest BCUT2D eigenvalue weighted by molar-refractivity contribution is 1.33. The van der Waals surface area contributed by atoms with Crippen LogP contribution in [-0.2, 0) is 0 Å². The van der Waals surface area contributed by atoms with Crippen LogP contribution in [0, 0.1) is 0 Å². The molecule has 2 heteroatoms. The van der Waals surface area contributed by atoms with Gasteiger partial charge in [-0.05, 0) is 53.5 Å². The molecular formula is C16H16N2. The summed E-state index contributed by atoms with van der Waals surface area (Å²) in [5.41, 5.74) is 4.81. The molecule has 0 spiro atoms. The monoisotopic (exact) mass is 236 g/mol. The molecule has 0 radical (unpaired) electrons. The molecule has 0 N–H and O–H groups in total. The molecule has 0 bridgehead atoms. The summed E-state index contributed by atoms with van der Waals surface area (Å²) < 4.78 is 0. The molecular weight excluding hydrogens is 220 g/mol. The average molecular weight is 236 g/mol. The summed E-state index contributed by atoms with van der Waals surface area (Å²) in [5, 5.41) is 0. The summed E-state index contributed by atoms with van der Waals surface area (Å²) in [6, 6.07) is 12.5. The summed E-state index contributed by atoms with van der Waals surface area (Å²) in [6.45, 7) is 2.09. The van der Waals surface area contributed by atoms with Gasteiger partial charge in [-0.3, -0.25) is 9.98 Å². The normalized spacial score (nSPS) is 12.0. The third kappa shape index (κ3) is 2.92. The highest BCUT2D eigenvalue weighted by Crippen LogP contribution is 2.22. The first kappa shape index (κ1) is 12.2. The quantitative estimate of drug-likeness (QED) is 0.743. The van der Waals surface area contributed by atoms with E-state index in [0.29, 0.717) is 0 Å². The van der Waals surface area contributed by atoms with E-state index in [4.69, 9.17) is 0 Å². The van der Waals surface area contributed by atoms with Crippen LogP contribution in [0.3, 0.4) is 0 Å². The van der Waals surface area contributed by atoms with Crippen LogP contribution < -0.4 is 0 Å². The maximum absolute atomic E-state index is 4.04. The van der Waals surface area contributed by atoms with Crippen LogP contribution in [0.25, 0.3) is 16.7 Å². The van der Waals surface area contributed by atoms with Crippen LogP contribution in [-0.4, -0.2) is 18.2 Å². The molecule has 0 amide bonds. The molecule has 18 heavy (non-hydrogen) atoms. The number of allylic oxidation sites excluding steroid dienone is 2. The molecule has 0 saturated carbocycles. The van der Waals surface area contributed by atoms with Gasteiger partial charge in [0.25, 0.3) is 0 Å². The first-order valence-electron chi connectivity index (χ1n) is 5.91. The smallest absolute Gasteiger partial charge is 0.0277 e. The van der Waals surface area contributed by atoms with Crippen molar-refractivity contribution in [2.45, 2.75) is 6.92 Å². The van der Waals surface area contributed by atoms with Crippen molar-refractivity contribution < 1.29 is 0 Å². The molecule has 1 aromatic heterocycles. The number of rotatable bonds is 3. The molecule has 0 saturated heterocycles. The molecule has 1 heterocycles. The second-order valence-electron chi connectivity index (χ2n) is 4.07. The number of aromatic nitrogens is 1. The summed E-state index contributed by atoms with van der Waals surface area (Å²) in [5.74, 6) is 0. The van der Waals surface area contributed by atoms with E-state index in [1.54, 1.807) is 7.05 Å². The Morgan fingerprint density at radius 2 is 1.89 bits per heavy atom. The first-order chi connectivity index (χ1) is 8.81. The van der Waals surface area contributed by atoms with Crippen LogP contribution in [0.1, 0.15) is 12.5 Å². The van der Waals surface area contributed by atoms with Gasteiger partial charge in [0.05, 0.1) is 0 Å². The molecule has 2 rings (SSSR count). The Balaban J connectivity index is 2.37. The third-order valence-corrected chi connectivity index (χ3v) is 2.81. The molecule has 0 aliphatic carbocycles. The molecule has 1 aromatic carbocycles. The topological polar surface area (TPSA) is 25.2 Å². The Bertz CT molecular complexity index is 569. The summed E-state index contributed by atoms with van der Waals surface area (Å²) in [4.78, 5) is 8.01. The molecule has 2 aromatic rings. The van der Waals surface area contributed by atoms with Crippen LogP contribution in [0.5, 0.6) is 0 Å². The Kier molecular flexibility index (Phi) is 4.02. The standard InChI is InChI=1S/C16H16N2/c1-13(6-9-17-2)15-4-3-5-16(12-15)14-7-10-18-11-8-14/h3-12H,1-2H3/b13-6+,17-9-. The van der Waals surface area contributed by atoms with Gasteiger partial charge in [-0.25, -0.2) is 0 Å². The highest BCUT2D eigenvalue weighted by atomic mass is 14.6. The molecule has 0 fully saturated rings. The van der Waals surface area contributed by atoms with E-state index < -0.39 is 0 Å². The van der Waals surface area contributed by atoms with Gasteiger partial charge in [0, 0.05) is 25.7 Å². The maximum atomic E-state index is 4.04. The summed E-state index contributed by atoms with van der Waals surface area (Å²) in [6.07, 6.45) is 7.46. The number of benzene rings is 1. The third-order valence-electron chi connectivity index (χ3n) is 2.81. The van der Waals surface area contributed by atoms with E-state index in [0.717, 1.165) is 0 Å². The van der Waals surface area contributed by atoms with E-state index in [1.807, 2.05) is 36.8 Å². The number of nitrogens with zero attached hydrogens (tertiary/aromatic N) is 2. The zero-order valence-electron chi connectivity index (χ0n) is 10.7. The van der Waals surface area contributed by atoms with E-state index in [-0.39, 0.29) is 0 Å². The number of pyridine rings is 1. The minimum absolute atomic E-state index is 1.18. The van der Waals surface area contributed by atoms with Gasteiger partial charge >= 0.3 is 0 Å². The van der Waals surface area contributed by atoms with E-state index >= 15 is 0 Å². The first-order valence-corrected chi connectivity index (χ1v) is 5.91. The number of aliphatic imine (C=N–C) groups is 1. The predicted molar refractivity (Wildman–Crippen MR) is 77.7 cm³/mol. The van der Waals surface area contributed by atoms with Crippen molar-refractivity contribution in [1.82, 2.24) is 4.98 Å². The second kappa shape index (κ2) is 5.92. The molecule has 90 valence electrons. The summed E-state index contributed by atoms with van der Waals surface area (Å²) in [7, 11) is 1.77. The van der Waals surface area contributed by atoms with Crippen LogP contribution >= 0.6 is 0 Å². The lowest BCUT2D eigenvalue weighted by Gasteiger charge is -2.05. The molecule has 0 aliphatic rings. The zero-order chi connectivity index (χ0) is 12.8. The van der Waals surface area contributed by atoms with Crippen molar-refractivity contribution in [2.75, 3.05) is 7.05 Å². The molecule has 0 atom stereocenters. The fraction of sp³-hybridized carbons (Fsp3) is 0.125. The summed E-state index contributed by atoms with van der Waals surface area (Å²) >= 11 is 0. The number of hydrogen-bond acceptors (Lipinski definition) is 2. The van der Waals surface area contributed by atoms with Crippen LogP contribution in [0.2, 0.25) is 0 Å². The van der Waals surface area contributed by atoms with Gasteiger partial charge in [0.1, 0.15) is 0 Å². The minimum atomic E-state index is 1.18. The highest BCUT2D eigenvalue weighted by molar-refractivity contribution is 5.84. The molecule has 0 unspecified atom stereocenters. The maximum Gasteiger partial charge on any atom is 0.0277 e. The Morgan fingerprint density at radius 1 is 1.11 bits per heavy atom. The van der Waals surface area contributed by atoms with Crippen molar-refractivity contribution in [2.24, 2.45) is 4.99 Å². The van der Waals surface area contributed by atoms with Crippen molar-refractivity contribution in [3.8, 4) is 11.1 Å². The van der Waals surface area contributed by atoms with Gasteiger partial charge < -0.3 is 0 Å². The second-order valence-corrected chi connectivity index (χ2v) is 4.07. The predicted octanol–water partition coefficient (Wildman–Crippen LogP) is 3.85. The number of hydrogen-bond donors (Lipinski definition) is 0. The van der Waals surface area contributed by atoms with Crippen molar-refractivity contribution >= 4 is 11.8 Å². The Morgan fingerprint density at radius 3 is 2.61 bits per heavy atom. The van der Waals surface area contributed by atoms with E-state index in [2.05, 4.69) is 41.2 Å². The van der Waals surface area contributed by atoms with Crippen molar-refractivity contribution in [3.63, 3.8) is 0 Å². The van der Waals surface area contributed by atoms with Gasteiger partial charge in [-0.15, -0.1) is 0 Å². The largest absolute Gasteiger partial charge is 0.297 e. The lowest BCUT2D eigenvalue weighted by Crippen LogP contribution is -1.83. The molecule has 2 nitrogen and oxygen atoms in total. The Labute approximate surface area is 108 Å². The lowest BCUT2D eigenvalue weighted by atomic mass is 10.0. The van der Waals surface area contributed by atoms with E-state index in [9.17, 15) is 0 Å². The Hall–Kier alpha value is -2.22. The van der Waals surface area contributed by atoms with Crippen molar-refractivity contribution in [1.29, 1.82) is 0 Å². The zero-order valence-corrected chi connectivity index (χ0v) is 10.7. The van der Waals surface area contributed by atoms with Crippen molar-refractivity contribution in [3.05, 3.63) is 60.4 Å². The van der Waals surface area contributed by atoms with Crippen LogP contribution in [0.15, 0.2) is 59.9 Å². The van der Waals surface area contributed by atoms with Gasteiger partial charge in [-0.2, -0.15) is 0 Å². The minimum Gasteiger partial charge on any atom is -0.297 e. The SMILES string of the molecule is C/N=C\C=C(/C)c1cccc(-c2ccncc2)c1. The highest BCUT2D eigenvalue weighted by Gasteiger charge is 1.99. The van der Waals surface area contributed by atoms with E-state index in [1.165, 1.54) is 22.3 Å². The van der Waals surface area contributed by atoms with Crippen LogP contribution in [0.4, 0.5) is 0 Å². The molecule has 0 aliphatic heterocycles. The fourth-order valence-corrected chi connectivity index (χ4v) is 1.77.